The van der Waals surface area contributed by atoms with Gasteiger partial charge in [-0.2, -0.15) is 5.10 Å². The quantitative estimate of drug-likeness (QED) is 0.473. The van der Waals surface area contributed by atoms with Gasteiger partial charge in [-0.05, 0) is 38.1 Å². The topological polar surface area (TPSA) is 68.0 Å². The highest BCUT2D eigenvalue weighted by atomic mass is 35.5. The van der Waals surface area contributed by atoms with Crippen LogP contribution in [0.4, 0.5) is 14.7 Å². The number of nitrogens with zero attached hydrogens (tertiary/aromatic N) is 5. The molecule has 7 nitrogen and oxygen atoms in total. The van der Waals surface area contributed by atoms with Crippen molar-refractivity contribution in [2.75, 3.05) is 25.0 Å². The number of imidazole rings is 1. The van der Waals surface area contributed by atoms with Crippen molar-refractivity contribution in [1.29, 1.82) is 0 Å². The highest BCUT2D eigenvalue weighted by Crippen LogP contribution is 2.45. The van der Waals surface area contributed by atoms with Crippen molar-refractivity contribution in [3.63, 3.8) is 0 Å². The maximum Gasteiger partial charge on any atom is 0.283 e. The molecule has 4 rings (SSSR count). The lowest BCUT2D eigenvalue weighted by Gasteiger charge is -2.19. The molecule has 2 heterocycles. The Morgan fingerprint density at radius 3 is 2.66 bits per heavy atom. The second-order valence-electron chi connectivity index (χ2n) is 7.97. The molecule has 0 saturated heterocycles. The molecule has 1 N–H and O–H groups in total. The number of rotatable bonds is 10. The maximum atomic E-state index is 13.3. The van der Waals surface area contributed by atoms with E-state index in [9.17, 15) is 13.6 Å². The molecule has 1 saturated carbocycles. The van der Waals surface area contributed by atoms with Gasteiger partial charge in [0.2, 0.25) is 11.9 Å². The molecule has 1 fully saturated rings. The monoisotopic (exact) mass is 464 g/mol. The zero-order chi connectivity index (χ0) is 22.8. The van der Waals surface area contributed by atoms with E-state index in [1.54, 1.807) is 0 Å². The largest absolute Gasteiger partial charge is 0.309 e. The Morgan fingerprint density at radius 2 is 2.00 bits per heavy atom. The van der Waals surface area contributed by atoms with Crippen molar-refractivity contribution in [2.24, 2.45) is 0 Å². The van der Waals surface area contributed by atoms with E-state index in [1.807, 2.05) is 28.8 Å². The summed E-state index contributed by atoms with van der Waals surface area (Å²) in [4.78, 5) is 19.8. The summed E-state index contributed by atoms with van der Waals surface area (Å²) in [5, 5.41) is 6.77. The van der Waals surface area contributed by atoms with Crippen molar-refractivity contribution in [3.8, 4) is 0 Å². The van der Waals surface area contributed by atoms with Gasteiger partial charge in [0.1, 0.15) is 12.2 Å². The second kappa shape index (κ2) is 9.54. The second-order valence-corrected chi connectivity index (χ2v) is 8.35. The molecular formula is C22H27ClF2N6O. The number of likely N-dealkylation sites (N-methyl/N-ethyl adjacent to an activating group) is 1. The van der Waals surface area contributed by atoms with E-state index < -0.39 is 12.1 Å². The van der Waals surface area contributed by atoms with Crippen LogP contribution >= 0.6 is 11.6 Å². The van der Waals surface area contributed by atoms with E-state index in [2.05, 4.69) is 34.1 Å². The SMILES string of the molecule is CCN(CC)CCn1c(NC(=O)Cn2nc(C(F)F)c(Cl)c2C2CC2)nc2ccccc21. The standard InChI is InChI=1S/C22H27ClF2N6O/c1-3-29(4-2)11-12-30-16-8-6-5-7-15(16)26-22(30)27-17(32)13-31-20(14-9-10-14)18(23)19(28-31)21(24)25/h5-8,14,21H,3-4,9-13H2,1-2H3,(H,26,27,32). The minimum Gasteiger partial charge on any atom is -0.309 e. The van der Waals surface area contributed by atoms with E-state index in [0.717, 1.165) is 43.5 Å². The summed E-state index contributed by atoms with van der Waals surface area (Å²) in [7, 11) is 0. The number of fused-ring (bicyclic) bond motifs is 1. The number of amides is 1. The molecule has 0 aliphatic heterocycles. The number of aromatic nitrogens is 4. The Kier molecular flexibility index (Phi) is 6.76. The van der Waals surface area contributed by atoms with Crippen LogP contribution in [0, 0.1) is 0 Å². The number of alkyl halides is 2. The van der Waals surface area contributed by atoms with Crippen LogP contribution in [0.15, 0.2) is 24.3 Å². The molecule has 32 heavy (non-hydrogen) atoms. The van der Waals surface area contributed by atoms with Crippen molar-refractivity contribution in [1.82, 2.24) is 24.2 Å². The van der Waals surface area contributed by atoms with E-state index in [0.29, 0.717) is 18.2 Å². The molecule has 0 spiro atoms. The van der Waals surface area contributed by atoms with Crippen LogP contribution in [0.1, 0.15) is 50.4 Å². The van der Waals surface area contributed by atoms with Crippen LogP contribution in [0.5, 0.6) is 0 Å². The highest BCUT2D eigenvalue weighted by Gasteiger charge is 2.34. The first-order valence-electron chi connectivity index (χ1n) is 10.9. The smallest absolute Gasteiger partial charge is 0.283 e. The average Bonchev–Trinajstić information content (AvgIpc) is 3.46. The van der Waals surface area contributed by atoms with Crippen LogP contribution in [0.3, 0.4) is 0 Å². The fourth-order valence-electron chi connectivity index (χ4n) is 3.96. The number of anilines is 1. The van der Waals surface area contributed by atoms with Crippen LogP contribution in [-0.4, -0.2) is 49.8 Å². The maximum absolute atomic E-state index is 13.3. The number of benzene rings is 1. The number of carbonyl (C=O) groups excluding carboxylic acids is 1. The number of carbonyl (C=O) groups is 1. The molecule has 172 valence electrons. The molecule has 1 aromatic carbocycles. The van der Waals surface area contributed by atoms with Gasteiger partial charge < -0.3 is 9.47 Å². The summed E-state index contributed by atoms with van der Waals surface area (Å²) in [6.07, 6.45) is -1.07. The summed E-state index contributed by atoms with van der Waals surface area (Å²) in [5.41, 5.74) is 1.76. The van der Waals surface area contributed by atoms with Gasteiger partial charge in [-0.15, -0.1) is 0 Å². The molecule has 1 aliphatic rings. The third kappa shape index (κ3) is 4.63. The lowest BCUT2D eigenvalue weighted by Crippen LogP contribution is -2.28. The fraction of sp³-hybridized carbons (Fsp3) is 0.500. The van der Waals surface area contributed by atoms with E-state index in [4.69, 9.17) is 11.6 Å². The molecule has 0 bridgehead atoms. The summed E-state index contributed by atoms with van der Waals surface area (Å²) < 4.78 is 29.9. The van der Waals surface area contributed by atoms with Gasteiger partial charge >= 0.3 is 0 Å². The molecule has 1 aliphatic carbocycles. The van der Waals surface area contributed by atoms with Gasteiger partial charge in [-0.3, -0.25) is 14.8 Å². The minimum atomic E-state index is -2.78. The number of para-hydroxylation sites is 2. The molecule has 2 aromatic heterocycles. The van der Waals surface area contributed by atoms with Crippen LogP contribution in [0.2, 0.25) is 5.02 Å². The predicted molar refractivity (Wildman–Crippen MR) is 120 cm³/mol. The van der Waals surface area contributed by atoms with E-state index >= 15 is 0 Å². The van der Waals surface area contributed by atoms with Gasteiger partial charge in [0, 0.05) is 19.0 Å². The molecule has 0 atom stereocenters. The van der Waals surface area contributed by atoms with Gasteiger partial charge in [-0.1, -0.05) is 37.6 Å². The van der Waals surface area contributed by atoms with Crippen molar-refractivity contribution in [2.45, 2.75) is 52.1 Å². The van der Waals surface area contributed by atoms with Crippen molar-refractivity contribution >= 4 is 34.5 Å². The normalized spacial score (nSPS) is 14.1. The number of hydrogen-bond donors (Lipinski definition) is 1. The Hall–Kier alpha value is -2.52. The van der Waals surface area contributed by atoms with Gasteiger partial charge in [0.25, 0.3) is 6.43 Å². The average molecular weight is 465 g/mol. The summed E-state index contributed by atoms with van der Waals surface area (Å²) >= 11 is 6.16. The Balaban J connectivity index is 1.57. The molecule has 0 unspecified atom stereocenters. The molecule has 10 heteroatoms. The molecule has 3 aromatic rings. The lowest BCUT2D eigenvalue weighted by molar-refractivity contribution is -0.117. The zero-order valence-corrected chi connectivity index (χ0v) is 18.9. The summed E-state index contributed by atoms with van der Waals surface area (Å²) in [6.45, 7) is 7.36. The number of hydrogen-bond acceptors (Lipinski definition) is 4. The first-order valence-corrected chi connectivity index (χ1v) is 11.3. The summed E-state index contributed by atoms with van der Waals surface area (Å²) in [6, 6.07) is 7.69. The Bertz CT molecular complexity index is 1100. The third-order valence-corrected chi connectivity index (χ3v) is 6.25. The number of nitrogens with one attached hydrogen (secondary N) is 1. The molecular weight excluding hydrogens is 438 g/mol. The fourth-order valence-corrected chi connectivity index (χ4v) is 4.33. The van der Waals surface area contributed by atoms with Crippen LogP contribution in [0.25, 0.3) is 11.0 Å². The van der Waals surface area contributed by atoms with Crippen molar-refractivity contribution < 1.29 is 13.6 Å². The van der Waals surface area contributed by atoms with Gasteiger partial charge in [0.05, 0.1) is 21.7 Å². The first-order chi connectivity index (χ1) is 15.4. The Labute approximate surface area is 190 Å². The van der Waals surface area contributed by atoms with E-state index in [-0.39, 0.29) is 23.4 Å². The number of halogens is 3. The Morgan fingerprint density at radius 1 is 1.28 bits per heavy atom. The zero-order valence-electron chi connectivity index (χ0n) is 18.2. The third-order valence-electron chi connectivity index (χ3n) is 5.86. The molecule has 0 radical (unpaired) electrons. The lowest BCUT2D eigenvalue weighted by atomic mass is 10.2. The molecule has 1 amide bonds. The van der Waals surface area contributed by atoms with Gasteiger partial charge in [-0.25, -0.2) is 13.8 Å². The predicted octanol–water partition coefficient (Wildman–Crippen LogP) is 4.68. The van der Waals surface area contributed by atoms with Crippen LogP contribution < -0.4 is 5.32 Å². The minimum absolute atomic E-state index is 0.0261. The van der Waals surface area contributed by atoms with Crippen molar-refractivity contribution in [3.05, 3.63) is 40.7 Å². The first kappa shape index (κ1) is 22.7. The highest BCUT2D eigenvalue weighted by molar-refractivity contribution is 6.32. The van der Waals surface area contributed by atoms with Crippen LogP contribution in [-0.2, 0) is 17.9 Å². The summed E-state index contributed by atoms with van der Waals surface area (Å²) in [5.74, 6) is 0.129. The van der Waals surface area contributed by atoms with Gasteiger partial charge in [0.15, 0.2) is 0 Å². The van der Waals surface area contributed by atoms with E-state index in [1.165, 1.54) is 4.68 Å².